The summed E-state index contributed by atoms with van der Waals surface area (Å²) in [6, 6.07) is 43.0. The molecule has 0 radical (unpaired) electrons. The van der Waals surface area contributed by atoms with Gasteiger partial charge in [0.2, 0.25) is 0 Å². The van der Waals surface area contributed by atoms with Crippen LogP contribution in [0.25, 0.3) is 56.6 Å². The number of nitrogens with one attached hydrogen (secondary N) is 5. The van der Waals surface area contributed by atoms with Crippen LogP contribution in [0.5, 0.6) is 0 Å². The van der Waals surface area contributed by atoms with Gasteiger partial charge in [0.25, 0.3) is 29.5 Å². The van der Waals surface area contributed by atoms with E-state index in [1.165, 1.54) is 56.7 Å². The Labute approximate surface area is 880 Å². The number of aromatic nitrogens is 5. The van der Waals surface area contributed by atoms with E-state index in [2.05, 4.69) is 52.4 Å². The number of nitrogens with zero attached hydrogens (tertiary/aromatic N) is 5. The van der Waals surface area contributed by atoms with Gasteiger partial charge in [-0.1, -0.05) is 83.8 Å². The highest BCUT2D eigenvalue weighted by atomic mass is 35.5. The number of ether oxygens (including phenoxy) is 7. The van der Waals surface area contributed by atoms with Crippen molar-refractivity contribution in [2.75, 3.05) is 86.0 Å². The first-order chi connectivity index (χ1) is 70.8. The number of amides is 5. The van der Waals surface area contributed by atoms with Gasteiger partial charge in [-0.2, -0.15) is 0 Å². The Hall–Kier alpha value is -13.3. The molecule has 5 aromatic carbocycles. The summed E-state index contributed by atoms with van der Waals surface area (Å²) in [4.78, 5) is 131. The zero-order valence-corrected chi connectivity index (χ0v) is 86.9. The molecule has 42 heteroatoms. The van der Waals surface area contributed by atoms with Crippen molar-refractivity contribution in [2.45, 2.75) is 131 Å². The van der Waals surface area contributed by atoms with Crippen LogP contribution in [0.15, 0.2) is 174 Å². The van der Waals surface area contributed by atoms with Crippen LogP contribution in [-0.2, 0) is 97.4 Å². The summed E-state index contributed by atoms with van der Waals surface area (Å²) in [5.41, 5.74) is 11.7. The molecule has 146 heavy (non-hydrogen) atoms. The molecule has 756 valence electrons. The van der Waals surface area contributed by atoms with Crippen molar-refractivity contribution in [3.63, 3.8) is 0 Å². The third kappa shape index (κ3) is 25.7. The van der Waals surface area contributed by atoms with Crippen LogP contribution >= 0.6 is 115 Å². The lowest BCUT2D eigenvalue weighted by Gasteiger charge is -2.09. The maximum atomic E-state index is 12.7. The van der Waals surface area contributed by atoms with Crippen molar-refractivity contribution in [3.05, 3.63) is 285 Å². The maximum absolute atomic E-state index is 12.7. The van der Waals surface area contributed by atoms with Crippen molar-refractivity contribution in [3.8, 4) is 56.6 Å². The predicted molar refractivity (Wildman–Crippen MR) is 558 cm³/mol. The second-order valence-electron chi connectivity index (χ2n) is 32.8. The van der Waals surface area contributed by atoms with Gasteiger partial charge in [0, 0.05) is 108 Å². The summed E-state index contributed by atoms with van der Waals surface area (Å²) < 4.78 is 62.2. The average molecular weight is 2170 g/mol. The highest BCUT2D eigenvalue weighted by Crippen LogP contribution is 2.46. The highest BCUT2D eigenvalue weighted by molar-refractivity contribution is 7.18. The first-order valence-electron chi connectivity index (χ1n) is 46.8. The minimum absolute atomic E-state index is 0.133. The van der Waals surface area contributed by atoms with Gasteiger partial charge in [0.1, 0.15) is 25.0 Å². The Bertz CT molecular complexity index is 6280. The molecule has 5 aliphatic carbocycles. The average Bonchev–Trinajstić information content (AvgIpc) is 1.64. The SMILES string of the molecule is C1COCCO1.CCOC(=O)c1c(NC(=O)c2cc(-c3ccc(Cl)cc3)on2)sc2c1CCC2.CCOC(=O)c1c(NC(=O)c2cc(-c3ccc(Cl)cc3)on2)sc2c1CCC2.CCOC(=O)c1c(NC(=O)c2cc(-c3ccc(Cl)cc3)on2)sc2c1CCC2.CCOC(=O)c1c(NC(=O)c2cc(-c3ccc(Cl)cc3)on2)sc2c1CCC2.CCOC(=O)c1c(NC(=O)c2cc(-c3ccc(Cl)cc3)on2)sc2c1CCC2. The molecule has 5 N–H and O–H groups in total. The number of carbonyl (C=O) groups excluding carboxylic acids is 10. The van der Waals surface area contributed by atoms with Crippen LogP contribution in [0, 0.1) is 0 Å². The number of hydrogen-bond donors (Lipinski definition) is 5. The number of thiophene rings is 5. The van der Waals surface area contributed by atoms with Crippen LogP contribution in [0.4, 0.5) is 25.0 Å². The molecule has 0 saturated carbocycles. The zero-order chi connectivity index (χ0) is 103. The predicted octanol–water partition coefficient (Wildman–Crippen LogP) is 24.9. The molecule has 1 aliphatic heterocycles. The molecule has 10 aromatic heterocycles. The minimum atomic E-state index is -0.436. The molecule has 0 atom stereocenters. The Morgan fingerprint density at radius 2 is 0.425 bits per heavy atom. The van der Waals surface area contributed by atoms with E-state index >= 15 is 0 Å². The lowest BCUT2D eigenvalue weighted by atomic mass is 10.1. The number of esters is 5. The van der Waals surface area contributed by atoms with Gasteiger partial charge in [0.05, 0.1) is 87.3 Å². The number of halogens is 5. The Kier molecular flexibility index (Phi) is 36.0. The standard InChI is InChI=1S/5C20H17ClN2O4S.C4H8O2/c5*1-2-26-20(25)17-13-4-3-5-16(13)28-19(17)22-18(24)14-10-15(27-23-14)11-6-8-12(21)9-7-11;1-2-6-4-3-5-1/h5*6-10H,2-5H2,1H3,(H,22,24);1-4H2. The van der Waals surface area contributed by atoms with Crippen LogP contribution in [-0.4, -0.2) is 145 Å². The van der Waals surface area contributed by atoms with Crippen LogP contribution in [0.1, 0.15) is 223 Å². The summed E-state index contributed by atoms with van der Waals surface area (Å²) in [6.45, 7) is 13.3. The van der Waals surface area contributed by atoms with Crippen molar-refractivity contribution in [1.82, 2.24) is 25.8 Å². The number of hydrogen-bond acceptors (Lipinski definition) is 32. The Morgan fingerprint density at radius 1 is 0.260 bits per heavy atom. The van der Waals surface area contributed by atoms with Gasteiger partial charge in [0.15, 0.2) is 57.3 Å². The smallest absolute Gasteiger partial charge is 0.341 e. The van der Waals surface area contributed by atoms with Gasteiger partial charge < -0.3 is 82.4 Å². The van der Waals surface area contributed by atoms with E-state index in [0.717, 1.165) is 203 Å². The molecule has 0 bridgehead atoms. The van der Waals surface area contributed by atoms with Crippen LogP contribution < -0.4 is 26.6 Å². The van der Waals surface area contributed by atoms with E-state index in [1.54, 1.807) is 186 Å². The van der Waals surface area contributed by atoms with E-state index in [1.807, 2.05) is 0 Å². The third-order valence-corrected chi connectivity index (χ3v) is 30.5. The number of aryl methyl sites for hydroxylation is 5. The third-order valence-electron chi connectivity index (χ3n) is 23.2. The number of anilines is 5. The summed E-state index contributed by atoms with van der Waals surface area (Å²) in [5, 5.41) is 38.9. The Balaban J connectivity index is 0.000000128. The van der Waals surface area contributed by atoms with Crippen molar-refractivity contribution in [1.29, 1.82) is 0 Å². The topological polar surface area (TPSA) is 426 Å². The molecule has 0 unspecified atom stereocenters. The second-order valence-corrected chi connectivity index (χ2v) is 40.5. The number of rotatable bonds is 25. The maximum Gasteiger partial charge on any atom is 0.341 e. The monoisotopic (exact) mass is 2170 g/mol. The molecule has 11 heterocycles. The van der Waals surface area contributed by atoms with E-state index in [9.17, 15) is 47.9 Å². The van der Waals surface area contributed by atoms with Crippen LogP contribution in [0.2, 0.25) is 25.1 Å². The molecular formula is C104H93Cl5N10O22S5. The van der Waals surface area contributed by atoms with Gasteiger partial charge in [-0.05, 0) is 280 Å². The summed E-state index contributed by atoms with van der Waals surface area (Å²) in [7, 11) is 0. The lowest BCUT2D eigenvalue weighted by molar-refractivity contribution is -0.0334. The molecule has 5 amide bonds. The van der Waals surface area contributed by atoms with Gasteiger partial charge in [-0.3, -0.25) is 24.0 Å². The lowest BCUT2D eigenvalue weighted by Crippen LogP contribution is -2.16. The normalized spacial score (nSPS) is 13.1. The fourth-order valence-corrected chi connectivity index (χ4v) is 23.5. The zero-order valence-electron chi connectivity index (χ0n) is 79.1. The molecule has 6 aliphatic rings. The number of benzene rings is 5. The first-order valence-corrected chi connectivity index (χ1v) is 52.7. The first kappa shape index (κ1) is 106. The van der Waals surface area contributed by atoms with Gasteiger partial charge >= 0.3 is 29.8 Å². The second kappa shape index (κ2) is 49.7. The summed E-state index contributed by atoms with van der Waals surface area (Å²) in [5.74, 6) is -1.90. The van der Waals surface area contributed by atoms with Crippen molar-refractivity contribution >= 4 is 199 Å². The van der Waals surface area contributed by atoms with Crippen molar-refractivity contribution < 1.29 is 104 Å². The van der Waals surface area contributed by atoms with Crippen molar-refractivity contribution in [2.24, 2.45) is 0 Å². The Morgan fingerprint density at radius 3 is 0.575 bits per heavy atom. The highest BCUT2D eigenvalue weighted by Gasteiger charge is 2.36. The molecule has 32 nitrogen and oxygen atoms in total. The molecule has 21 rings (SSSR count). The minimum Gasteiger partial charge on any atom is -0.462 e. The summed E-state index contributed by atoms with van der Waals surface area (Å²) in [6.07, 6.45) is 13.7. The fourth-order valence-electron chi connectivity index (χ4n) is 16.5. The fraction of sp³-hybridized carbons (Fsp3) is 0.279. The molecule has 0 spiro atoms. The quantitative estimate of drug-likeness (QED) is 0.0262. The molecular weight excluding hydrogens is 2080 g/mol. The van der Waals surface area contributed by atoms with E-state index in [-0.39, 0.29) is 61.5 Å². The van der Waals surface area contributed by atoms with E-state index < -0.39 is 59.4 Å². The largest absolute Gasteiger partial charge is 0.462 e. The molecule has 15 aromatic rings. The summed E-state index contributed by atoms with van der Waals surface area (Å²) >= 11 is 36.6. The van der Waals surface area contributed by atoms with Gasteiger partial charge in [-0.25, -0.2) is 24.0 Å². The van der Waals surface area contributed by atoms with E-state index in [0.29, 0.717) is 107 Å². The van der Waals surface area contributed by atoms with Crippen LogP contribution in [0.3, 0.4) is 0 Å². The van der Waals surface area contributed by atoms with E-state index in [4.69, 9.17) is 114 Å². The molecule has 1 saturated heterocycles. The van der Waals surface area contributed by atoms with Gasteiger partial charge in [-0.15, -0.1) is 56.7 Å². The number of carbonyl (C=O) groups is 10. The number of fused-ring (bicyclic) bond motifs is 5. The molecule has 1 fully saturated rings.